The molecule has 2 fully saturated rings. The van der Waals surface area contributed by atoms with E-state index in [1.54, 1.807) is 17.0 Å². The van der Waals surface area contributed by atoms with Crippen LogP contribution in [0, 0.1) is 10.1 Å². The molecule has 0 saturated carbocycles. The van der Waals surface area contributed by atoms with Crippen LogP contribution >= 0.6 is 0 Å². The highest BCUT2D eigenvalue weighted by Gasteiger charge is 2.29. The second-order valence-electron chi connectivity index (χ2n) is 8.79. The predicted octanol–water partition coefficient (Wildman–Crippen LogP) is 4.60. The van der Waals surface area contributed by atoms with E-state index < -0.39 is 4.92 Å². The van der Waals surface area contributed by atoms with Crippen molar-refractivity contribution in [1.29, 1.82) is 0 Å². The molecular weight excluding hydrogens is 418 g/mol. The van der Waals surface area contributed by atoms with E-state index in [4.69, 9.17) is 0 Å². The maximum Gasteiger partial charge on any atom is 0.282 e. The molecule has 8 heteroatoms. The van der Waals surface area contributed by atoms with Gasteiger partial charge in [0.25, 0.3) is 11.6 Å². The Bertz CT molecular complexity index is 1150. The maximum absolute atomic E-state index is 13.0. The Morgan fingerprint density at radius 2 is 1.85 bits per heavy atom. The summed E-state index contributed by atoms with van der Waals surface area (Å²) in [6, 6.07) is 15.1. The molecule has 2 saturated heterocycles. The number of nitro groups is 1. The summed E-state index contributed by atoms with van der Waals surface area (Å²) in [6.07, 6.45) is 5.77. The third-order valence-electron chi connectivity index (χ3n) is 6.65. The van der Waals surface area contributed by atoms with Crippen LogP contribution in [0.3, 0.4) is 0 Å². The SMILES string of the molecule is O=C(c1cc(N2CCCC(c3ncc(-c4ccccc4)[nH]3)C2)ccc1[N+](=O)[O-])N1CCCC1. The number of nitro benzene ring substituents is 1. The molecule has 0 bridgehead atoms. The molecule has 5 rings (SSSR count). The van der Waals surface area contributed by atoms with Gasteiger partial charge in [-0.2, -0.15) is 0 Å². The molecule has 0 radical (unpaired) electrons. The monoisotopic (exact) mass is 445 g/mol. The van der Waals surface area contributed by atoms with Gasteiger partial charge in [-0.25, -0.2) is 4.98 Å². The molecule has 8 nitrogen and oxygen atoms in total. The van der Waals surface area contributed by atoms with Crippen LogP contribution in [0.15, 0.2) is 54.7 Å². The molecule has 0 aliphatic carbocycles. The average molecular weight is 446 g/mol. The van der Waals surface area contributed by atoms with Gasteiger partial charge in [-0.3, -0.25) is 14.9 Å². The summed E-state index contributed by atoms with van der Waals surface area (Å²) < 4.78 is 0. The highest BCUT2D eigenvalue weighted by Crippen LogP contribution is 2.33. The number of carbonyl (C=O) groups is 1. The van der Waals surface area contributed by atoms with Crippen molar-refractivity contribution in [3.8, 4) is 11.3 Å². The van der Waals surface area contributed by atoms with Crippen LogP contribution < -0.4 is 4.90 Å². The number of likely N-dealkylation sites (tertiary alicyclic amines) is 1. The zero-order valence-corrected chi connectivity index (χ0v) is 18.4. The molecule has 3 aromatic rings. The summed E-state index contributed by atoms with van der Waals surface area (Å²) in [5.74, 6) is 0.936. The molecule has 33 heavy (non-hydrogen) atoms. The minimum Gasteiger partial charge on any atom is -0.371 e. The average Bonchev–Trinajstić information content (AvgIpc) is 3.57. The van der Waals surface area contributed by atoms with Gasteiger partial charge in [-0.15, -0.1) is 0 Å². The normalized spacial score (nSPS) is 18.5. The summed E-state index contributed by atoms with van der Waals surface area (Å²) in [6.45, 7) is 2.91. The summed E-state index contributed by atoms with van der Waals surface area (Å²) in [7, 11) is 0. The van der Waals surface area contributed by atoms with E-state index in [1.165, 1.54) is 6.07 Å². The van der Waals surface area contributed by atoms with Crippen molar-refractivity contribution < 1.29 is 9.72 Å². The predicted molar refractivity (Wildman–Crippen MR) is 126 cm³/mol. The fourth-order valence-corrected chi connectivity index (χ4v) is 4.89. The summed E-state index contributed by atoms with van der Waals surface area (Å²) in [5.41, 5.74) is 3.01. The minimum atomic E-state index is -0.458. The second kappa shape index (κ2) is 9.05. The minimum absolute atomic E-state index is 0.122. The first kappa shape index (κ1) is 21.2. The van der Waals surface area contributed by atoms with Gasteiger partial charge in [0.2, 0.25) is 0 Å². The number of aromatic amines is 1. The highest BCUT2D eigenvalue weighted by atomic mass is 16.6. The van der Waals surface area contributed by atoms with E-state index in [1.807, 2.05) is 24.4 Å². The van der Waals surface area contributed by atoms with Gasteiger partial charge >= 0.3 is 0 Å². The number of H-pyrrole nitrogens is 1. The van der Waals surface area contributed by atoms with E-state index in [-0.39, 0.29) is 23.1 Å². The number of hydrogen-bond donors (Lipinski definition) is 1. The van der Waals surface area contributed by atoms with Gasteiger partial charge in [0.05, 0.1) is 16.8 Å². The molecule has 2 aliphatic heterocycles. The van der Waals surface area contributed by atoms with Crippen molar-refractivity contribution >= 4 is 17.3 Å². The summed E-state index contributed by atoms with van der Waals surface area (Å²) >= 11 is 0. The molecule has 2 aromatic carbocycles. The first-order chi connectivity index (χ1) is 16.1. The molecule has 1 amide bonds. The third kappa shape index (κ3) is 4.33. The fourth-order valence-electron chi connectivity index (χ4n) is 4.89. The van der Waals surface area contributed by atoms with E-state index >= 15 is 0 Å². The van der Waals surface area contributed by atoms with Crippen LogP contribution in [-0.4, -0.2) is 51.9 Å². The number of piperidine rings is 1. The molecule has 1 atom stereocenters. The molecular formula is C25H27N5O3. The van der Waals surface area contributed by atoms with Crippen LogP contribution in [0.2, 0.25) is 0 Å². The largest absolute Gasteiger partial charge is 0.371 e. The van der Waals surface area contributed by atoms with E-state index in [0.717, 1.165) is 61.5 Å². The molecule has 3 heterocycles. The van der Waals surface area contributed by atoms with Crippen molar-refractivity contribution in [1.82, 2.24) is 14.9 Å². The van der Waals surface area contributed by atoms with Crippen LogP contribution in [0.4, 0.5) is 11.4 Å². The van der Waals surface area contributed by atoms with Gasteiger partial charge in [-0.05, 0) is 43.4 Å². The number of benzene rings is 2. The third-order valence-corrected chi connectivity index (χ3v) is 6.65. The van der Waals surface area contributed by atoms with Crippen LogP contribution in [0.25, 0.3) is 11.3 Å². The number of aromatic nitrogens is 2. The van der Waals surface area contributed by atoms with Gasteiger partial charge in [0, 0.05) is 43.9 Å². The fraction of sp³-hybridized carbons (Fsp3) is 0.360. The Morgan fingerprint density at radius 3 is 2.61 bits per heavy atom. The topological polar surface area (TPSA) is 95.4 Å². The number of carbonyl (C=O) groups excluding carboxylic acids is 1. The van der Waals surface area contributed by atoms with E-state index in [9.17, 15) is 14.9 Å². The van der Waals surface area contributed by atoms with Crippen LogP contribution in [0.5, 0.6) is 0 Å². The van der Waals surface area contributed by atoms with Crippen LogP contribution in [0.1, 0.15) is 47.8 Å². The molecule has 1 N–H and O–H groups in total. The molecule has 1 unspecified atom stereocenters. The van der Waals surface area contributed by atoms with Gasteiger partial charge < -0.3 is 14.8 Å². The molecule has 1 aromatic heterocycles. The lowest BCUT2D eigenvalue weighted by Crippen LogP contribution is -2.35. The second-order valence-corrected chi connectivity index (χ2v) is 8.79. The summed E-state index contributed by atoms with van der Waals surface area (Å²) in [5, 5.41) is 11.6. The Morgan fingerprint density at radius 1 is 1.06 bits per heavy atom. The number of hydrogen-bond acceptors (Lipinski definition) is 5. The quantitative estimate of drug-likeness (QED) is 0.457. The number of nitrogens with zero attached hydrogens (tertiary/aromatic N) is 4. The Kier molecular flexibility index (Phi) is 5.81. The van der Waals surface area contributed by atoms with Gasteiger partial charge in [0.15, 0.2) is 0 Å². The first-order valence-corrected chi connectivity index (χ1v) is 11.5. The zero-order chi connectivity index (χ0) is 22.8. The van der Waals surface area contributed by atoms with Crippen molar-refractivity contribution in [2.75, 3.05) is 31.1 Å². The van der Waals surface area contributed by atoms with E-state index in [0.29, 0.717) is 13.1 Å². The number of nitrogens with one attached hydrogen (secondary N) is 1. The van der Waals surface area contributed by atoms with Crippen molar-refractivity contribution in [2.45, 2.75) is 31.6 Å². The lowest BCUT2D eigenvalue weighted by molar-refractivity contribution is -0.385. The smallest absolute Gasteiger partial charge is 0.282 e. The van der Waals surface area contributed by atoms with Crippen molar-refractivity contribution in [3.05, 3.63) is 76.2 Å². The number of imidazole rings is 1. The Balaban J connectivity index is 1.38. The van der Waals surface area contributed by atoms with Crippen molar-refractivity contribution in [2.24, 2.45) is 0 Å². The first-order valence-electron chi connectivity index (χ1n) is 11.5. The van der Waals surface area contributed by atoms with Gasteiger partial charge in [-0.1, -0.05) is 30.3 Å². The maximum atomic E-state index is 13.0. The summed E-state index contributed by atoms with van der Waals surface area (Å²) in [4.78, 5) is 36.2. The van der Waals surface area contributed by atoms with Crippen LogP contribution in [-0.2, 0) is 0 Å². The van der Waals surface area contributed by atoms with Crippen molar-refractivity contribution in [3.63, 3.8) is 0 Å². The lowest BCUT2D eigenvalue weighted by Gasteiger charge is -2.34. The molecule has 0 spiro atoms. The number of amides is 1. The Labute approximate surface area is 192 Å². The Hall–Kier alpha value is -3.68. The lowest BCUT2D eigenvalue weighted by atomic mass is 9.96. The van der Waals surface area contributed by atoms with Gasteiger partial charge in [0.1, 0.15) is 11.4 Å². The standard InChI is InChI=1S/C25H27N5O3/c31-25(28-12-4-5-13-28)21-15-20(10-11-23(21)30(32)33)29-14-6-9-19(17-29)24-26-16-22(27-24)18-7-2-1-3-8-18/h1-3,7-8,10-11,15-16,19H,4-6,9,12-14,17H2,(H,26,27). The number of anilines is 1. The zero-order valence-electron chi connectivity index (χ0n) is 18.4. The molecule has 2 aliphatic rings. The number of rotatable bonds is 5. The highest BCUT2D eigenvalue weighted by molar-refractivity contribution is 5.99. The molecule has 170 valence electrons. The van der Waals surface area contributed by atoms with E-state index in [2.05, 4.69) is 27.0 Å².